The zero-order valence-corrected chi connectivity index (χ0v) is 18.5. The van der Waals surface area contributed by atoms with Gasteiger partial charge in [0.15, 0.2) is 0 Å². The molecule has 7 heteroatoms. The Labute approximate surface area is 187 Å². The van der Waals surface area contributed by atoms with E-state index in [0.717, 1.165) is 41.7 Å². The van der Waals surface area contributed by atoms with Gasteiger partial charge in [-0.1, -0.05) is 18.2 Å². The standard InChI is InChI=1S/C25H28N4O3/c1-16(2)29-21-6-4-3-5-20(21)26-22(29)15-28-12-11-25(24(28)31)10-9-17-7-8-18(23(30)27-32)13-19(17)14-25/h3-8,13,16,32H,9-12,14-15H2,1-2H3,(H,27,30)/t25-/m1/s1. The number of nitrogens with zero attached hydrogens (tertiary/aromatic N) is 3. The van der Waals surface area contributed by atoms with Crippen LogP contribution in [-0.4, -0.2) is 38.0 Å². The maximum absolute atomic E-state index is 13.6. The number of hydrogen-bond acceptors (Lipinski definition) is 4. The molecule has 32 heavy (non-hydrogen) atoms. The highest BCUT2D eigenvalue weighted by molar-refractivity contribution is 5.93. The summed E-state index contributed by atoms with van der Waals surface area (Å²) in [7, 11) is 0. The number of amides is 2. The van der Waals surface area contributed by atoms with Crippen LogP contribution in [0.1, 0.15) is 60.0 Å². The van der Waals surface area contributed by atoms with Gasteiger partial charge < -0.3 is 9.47 Å². The van der Waals surface area contributed by atoms with Gasteiger partial charge in [0.1, 0.15) is 5.82 Å². The molecule has 1 fully saturated rings. The number of imidazole rings is 1. The quantitative estimate of drug-likeness (QED) is 0.487. The third-order valence-corrected chi connectivity index (χ3v) is 7.09. The summed E-state index contributed by atoms with van der Waals surface area (Å²) in [6.45, 7) is 5.51. The predicted molar refractivity (Wildman–Crippen MR) is 120 cm³/mol. The van der Waals surface area contributed by atoms with Gasteiger partial charge in [0.25, 0.3) is 5.91 Å². The van der Waals surface area contributed by atoms with E-state index >= 15 is 0 Å². The van der Waals surface area contributed by atoms with Gasteiger partial charge in [0.2, 0.25) is 5.91 Å². The molecule has 2 heterocycles. The number of para-hydroxylation sites is 2. The van der Waals surface area contributed by atoms with Crippen molar-refractivity contribution in [3.05, 3.63) is 65.0 Å². The molecule has 166 valence electrons. The molecule has 3 aromatic rings. The second-order valence-electron chi connectivity index (χ2n) is 9.34. The lowest BCUT2D eigenvalue weighted by atomic mass is 9.70. The van der Waals surface area contributed by atoms with Crippen molar-refractivity contribution in [2.45, 2.75) is 52.1 Å². The highest BCUT2D eigenvalue weighted by Crippen LogP contribution is 2.44. The van der Waals surface area contributed by atoms with Crippen LogP contribution in [0, 0.1) is 5.41 Å². The molecule has 1 aliphatic heterocycles. The zero-order chi connectivity index (χ0) is 22.5. The molecule has 1 saturated heterocycles. The molecule has 0 bridgehead atoms. The average molecular weight is 433 g/mol. The Morgan fingerprint density at radius 1 is 1.19 bits per heavy atom. The van der Waals surface area contributed by atoms with Gasteiger partial charge in [-0.25, -0.2) is 10.5 Å². The van der Waals surface area contributed by atoms with Crippen LogP contribution in [0.5, 0.6) is 0 Å². The van der Waals surface area contributed by atoms with Crippen LogP contribution in [-0.2, 0) is 24.2 Å². The van der Waals surface area contributed by atoms with Gasteiger partial charge in [0.05, 0.1) is 23.0 Å². The van der Waals surface area contributed by atoms with E-state index in [1.165, 1.54) is 5.56 Å². The molecule has 2 aromatic carbocycles. The van der Waals surface area contributed by atoms with Crippen molar-refractivity contribution in [2.24, 2.45) is 5.41 Å². The normalized spacial score (nSPS) is 20.4. The Balaban J connectivity index is 1.41. The van der Waals surface area contributed by atoms with E-state index in [0.29, 0.717) is 25.1 Å². The summed E-state index contributed by atoms with van der Waals surface area (Å²) in [6, 6.07) is 13.8. The molecule has 7 nitrogen and oxygen atoms in total. The average Bonchev–Trinajstić information content (AvgIpc) is 3.31. The molecule has 1 atom stereocenters. The third-order valence-electron chi connectivity index (χ3n) is 7.09. The van der Waals surface area contributed by atoms with E-state index in [1.807, 2.05) is 35.2 Å². The van der Waals surface area contributed by atoms with Gasteiger partial charge in [0, 0.05) is 18.2 Å². The van der Waals surface area contributed by atoms with Gasteiger partial charge >= 0.3 is 0 Å². The van der Waals surface area contributed by atoms with E-state index < -0.39 is 11.3 Å². The van der Waals surface area contributed by atoms with Gasteiger partial charge in [-0.2, -0.15) is 0 Å². The van der Waals surface area contributed by atoms with Crippen LogP contribution in [0.2, 0.25) is 0 Å². The number of hydroxylamine groups is 1. The molecule has 1 aromatic heterocycles. The second kappa shape index (κ2) is 7.74. The van der Waals surface area contributed by atoms with Crippen molar-refractivity contribution in [1.82, 2.24) is 19.9 Å². The molecular formula is C25H28N4O3. The van der Waals surface area contributed by atoms with Crippen LogP contribution in [0.25, 0.3) is 11.0 Å². The van der Waals surface area contributed by atoms with E-state index in [-0.39, 0.29) is 11.9 Å². The van der Waals surface area contributed by atoms with E-state index in [4.69, 9.17) is 10.2 Å². The number of aromatic nitrogens is 2. The minimum atomic E-state index is -0.528. The van der Waals surface area contributed by atoms with Gasteiger partial charge in [-0.05, 0) is 74.9 Å². The Morgan fingerprint density at radius 3 is 2.78 bits per heavy atom. The largest absolute Gasteiger partial charge is 0.335 e. The Bertz CT molecular complexity index is 1220. The molecule has 2 aliphatic rings. The molecule has 0 unspecified atom stereocenters. The van der Waals surface area contributed by atoms with Crippen molar-refractivity contribution in [3.63, 3.8) is 0 Å². The fraction of sp³-hybridized carbons (Fsp3) is 0.400. The summed E-state index contributed by atoms with van der Waals surface area (Å²) in [4.78, 5) is 32.3. The maximum atomic E-state index is 13.6. The van der Waals surface area contributed by atoms with Crippen molar-refractivity contribution < 1.29 is 14.8 Å². The number of fused-ring (bicyclic) bond motifs is 2. The van der Waals surface area contributed by atoms with Gasteiger partial charge in [-0.3, -0.25) is 14.8 Å². The summed E-state index contributed by atoms with van der Waals surface area (Å²) in [5, 5.41) is 8.96. The first-order valence-electron chi connectivity index (χ1n) is 11.2. The summed E-state index contributed by atoms with van der Waals surface area (Å²) in [5.74, 6) is 0.576. The minimum Gasteiger partial charge on any atom is -0.335 e. The lowest BCUT2D eigenvalue weighted by molar-refractivity contribution is -0.137. The Hall–Kier alpha value is -3.19. The third kappa shape index (κ3) is 3.28. The van der Waals surface area contributed by atoms with Crippen molar-refractivity contribution >= 4 is 22.8 Å². The number of rotatable bonds is 4. The minimum absolute atomic E-state index is 0.183. The van der Waals surface area contributed by atoms with Crippen molar-refractivity contribution in [3.8, 4) is 0 Å². The first-order valence-corrected chi connectivity index (χ1v) is 11.2. The second-order valence-corrected chi connectivity index (χ2v) is 9.34. The number of likely N-dealkylation sites (tertiary alicyclic amines) is 1. The first-order chi connectivity index (χ1) is 15.4. The van der Waals surface area contributed by atoms with E-state index in [9.17, 15) is 9.59 Å². The van der Waals surface area contributed by atoms with Crippen molar-refractivity contribution in [1.29, 1.82) is 0 Å². The van der Waals surface area contributed by atoms with Crippen molar-refractivity contribution in [2.75, 3.05) is 6.54 Å². The van der Waals surface area contributed by atoms with Crippen LogP contribution in [0.4, 0.5) is 0 Å². The topological polar surface area (TPSA) is 87.5 Å². The Morgan fingerprint density at radius 2 is 2.00 bits per heavy atom. The van der Waals surface area contributed by atoms with E-state index in [2.05, 4.69) is 24.5 Å². The number of nitrogens with one attached hydrogen (secondary N) is 1. The Kier molecular flexibility index (Phi) is 5.01. The molecule has 0 saturated carbocycles. The molecule has 0 radical (unpaired) electrons. The number of carbonyl (C=O) groups excluding carboxylic acids is 2. The number of benzene rings is 2. The fourth-order valence-corrected chi connectivity index (χ4v) is 5.46. The van der Waals surface area contributed by atoms with Crippen LogP contribution in [0.3, 0.4) is 0 Å². The smallest absolute Gasteiger partial charge is 0.274 e. The lowest BCUT2D eigenvalue weighted by Crippen LogP contribution is -2.39. The fourth-order valence-electron chi connectivity index (χ4n) is 5.46. The monoisotopic (exact) mass is 432 g/mol. The number of aryl methyl sites for hydroxylation is 1. The summed E-state index contributed by atoms with van der Waals surface area (Å²) in [6.07, 6.45) is 3.08. The zero-order valence-electron chi connectivity index (χ0n) is 18.5. The molecule has 2 N–H and O–H groups in total. The van der Waals surface area contributed by atoms with Crippen LogP contribution >= 0.6 is 0 Å². The first kappa shape index (κ1) is 20.7. The maximum Gasteiger partial charge on any atom is 0.274 e. The highest BCUT2D eigenvalue weighted by atomic mass is 16.5. The SMILES string of the molecule is CC(C)n1c(CN2CC[C@@]3(CCc4ccc(C(=O)NO)cc4C3)C2=O)nc2ccccc21. The van der Waals surface area contributed by atoms with Gasteiger partial charge in [-0.15, -0.1) is 0 Å². The lowest BCUT2D eigenvalue weighted by Gasteiger charge is -2.33. The highest BCUT2D eigenvalue weighted by Gasteiger charge is 2.48. The molecule has 2 amide bonds. The van der Waals surface area contributed by atoms with E-state index in [1.54, 1.807) is 11.5 Å². The molecular weight excluding hydrogens is 404 g/mol. The van der Waals surface area contributed by atoms with Crippen LogP contribution in [0.15, 0.2) is 42.5 Å². The predicted octanol–water partition coefficient (Wildman–Crippen LogP) is 3.64. The van der Waals surface area contributed by atoms with Crippen LogP contribution < -0.4 is 5.48 Å². The summed E-state index contributed by atoms with van der Waals surface area (Å²) in [5.41, 5.74) is 5.95. The molecule has 1 aliphatic carbocycles. The molecule has 5 rings (SSSR count). The summed E-state index contributed by atoms with van der Waals surface area (Å²) < 4.78 is 2.23. The number of carbonyl (C=O) groups is 2. The number of hydrogen-bond donors (Lipinski definition) is 2. The molecule has 1 spiro atoms. The summed E-state index contributed by atoms with van der Waals surface area (Å²) >= 11 is 0.